The lowest BCUT2D eigenvalue weighted by atomic mass is 9.99. The van der Waals surface area contributed by atoms with Crippen LogP contribution in [0.15, 0.2) is 0 Å². The molecule has 6 fully saturated rings. The van der Waals surface area contributed by atoms with Crippen molar-refractivity contribution in [2.24, 2.45) is 35.5 Å². The predicted octanol–water partition coefficient (Wildman–Crippen LogP) is 20.2. The lowest BCUT2D eigenvalue weighted by Gasteiger charge is -2.28. The fraction of sp³-hybridized carbons (Fsp3) is 0.961. The second-order valence-electron chi connectivity index (χ2n) is 30.2. The van der Waals surface area contributed by atoms with Crippen molar-refractivity contribution in [1.29, 1.82) is 0 Å². The van der Waals surface area contributed by atoms with Gasteiger partial charge in [-0.15, -0.1) is 0 Å². The zero-order valence-electron chi connectivity index (χ0n) is 68.1. The Labute approximate surface area is 706 Å². The third-order valence-corrected chi connectivity index (χ3v) is 25.5. The largest absolute Gasteiger partial charge is 0.454 e. The minimum absolute atomic E-state index is 0.0771. The maximum atomic E-state index is 13.9. The molecule has 0 radical (unpaired) electrons. The van der Waals surface area contributed by atoms with Crippen LogP contribution in [-0.4, -0.2) is 272 Å². The Hall–Kier alpha value is -1.32. The molecular weight excluding hydrogens is 1740 g/mol. The van der Waals surface area contributed by atoms with E-state index in [-0.39, 0.29) is 46.1 Å². The zero-order valence-corrected chi connectivity index (χ0v) is 73.0. The maximum absolute atomic E-state index is 13.9. The highest BCUT2D eigenvalue weighted by atomic mass is 32.2. The van der Waals surface area contributed by atoms with Gasteiger partial charge in [-0.05, 0) is 234 Å². The van der Waals surface area contributed by atoms with Crippen LogP contribution in [0.2, 0.25) is 0 Å². The second kappa shape index (κ2) is 60.4. The van der Waals surface area contributed by atoms with Gasteiger partial charge in [0, 0.05) is 66.8 Å². The fourth-order valence-corrected chi connectivity index (χ4v) is 19.2. The van der Waals surface area contributed by atoms with Gasteiger partial charge >= 0.3 is 36.4 Å². The Morgan fingerprint density at radius 1 is 0.322 bits per heavy atom. The van der Waals surface area contributed by atoms with Crippen molar-refractivity contribution in [3.8, 4) is 0 Å². The molecule has 0 bridgehead atoms. The Morgan fingerprint density at radius 2 is 0.542 bits per heavy atom. The predicted molar refractivity (Wildman–Crippen MR) is 421 cm³/mol. The molecule has 6 heterocycles. The van der Waals surface area contributed by atoms with Crippen molar-refractivity contribution in [2.45, 2.75) is 273 Å². The van der Waals surface area contributed by atoms with Gasteiger partial charge in [-0.1, -0.05) is 6.92 Å². The highest BCUT2D eigenvalue weighted by Gasteiger charge is 2.51. The summed E-state index contributed by atoms with van der Waals surface area (Å²) in [6.45, 7) is 3.21. The third kappa shape index (κ3) is 60.4. The first kappa shape index (κ1) is 115. The van der Waals surface area contributed by atoms with Crippen LogP contribution in [0.25, 0.3) is 0 Å². The van der Waals surface area contributed by atoms with Crippen molar-refractivity contribution >= 4 is 88.5 Å². The summed E-state index contributed by atoms with van der Waals surface area (Å²) in [6.07, 6.45) is -14.7. The summed E-state index contributed by atoms with van der Waals surface area (Å²) in [6, 6.07) is 0. The molecule has 6 aliphatic rings. The van der Waals surface area contributed by atoms with Crippen LogP contribution in [0.5, 0.6) is 0 Å². The Bertz CT molecular complexity index is 2500. The zero-order chi connectivity index (χ0) is 89.3. The highest BCUT2D eigenvalue weighted by Crippen LogP contribution is 2.39. The summed E-state index contributed by atoms with van der Waals surface area (Å²) in [5, 5.41) is 27.4. The topological polar surface area (TPSA) is 195 Å². The van der Waals surface area contributed by atoms with Crippen molar-refractivity contribution in [2.75, 3.05) is 148 Å². The summed E-state index contributed by atoms with van der Waals surface area (Å²) in [5.74, 6) is -8.13. The average molecular weight is 1870 g/mol. The van der Waals surface area contributed by atoms with Crippen molar-refractivity contribution in [3.63, 3.8) is 0 Å². The van der Waals surface area contributed by atoms with Crippen LogP contribution in [0.3, 0.4) is 0 Å². The number of thioether (sulfide) groups is 6. The Balaban J connectivity index is 0.000000710. The molecule has 0 aromatic carbocycles. The van der Waals surface area contributed by atoms with E-state index in [0.29, 0.717) is 69.3 Å². The molecule has 6 rings (SSSR count). The van der Waals surface area contributed by atoms with Gasteiger partial charge in [0.15, 0.2) is 6.10 Å². The van der Waals surface area contributed by atoms with E-state index in [4.69, 9.17) is 38.6 Å². The van der Waals surface area contributed by atoms with E-state index in [2.05, 4.69) is 14.2 Å². The summed E-state index contributed by atoms with van der Waals surface area (Å²) >= 11 is 11.4. The van der Waals surface area contributed by atoms with E-state index >= 15 is 0 Å². The summed E-state index contributed by atoms with van der Waals surface area (Å²) < 4.78 is 311. The first-order valence-electron chi connectivity index (χ1n) is 39.8. The Morgan fingerprint density at radius 3 is 0.771 bits per heavy atom. The number of aliphatic hydroxyl groups excluding tert-OH is 3. The van der Waals surface area contributed by atoms with E-state index < -0.39 is 161 Å². The number of ether oxygens (including phenoxy) is 9. The molecule has 0 aromatic heterocycles. The summed E-state index contributed by atoms with van der Waals surface area (Å²) in [5.41, 5.74) is 0. The number of hydrogen-bond acceptors (Lipinski definition) is 21. The normalized spacial score (nSPS) is 19.6. The minimum Gasteiger partial charge on any atom is -0.454 e. The number of carbonyl (C=O) groups excluding carboxylic acids is 3. The molecule has 0 saturated carbocycles. The molecular formula is C76H125F21O15S6. The van der Waals surface area contributed by atoms with Crippen LogP contribution in [0.4, 0.5) is 92.2 Å². The van der Waals surface area contributed by atoms with Gasteiger partial charge < -0.3 is 58.0 Å². The molecule has 118 heavy (non-hydrogen) atoms. The SMILES string of the molecule is CC(=O)OC(COCCC1CCSCC1)C(F)(F)CC(C)(F)F.CC(=O)OC(COCCC1CCSCC1)C(F)(F)F.CC(F)(F)C(O)COCCC1CCSCC1.CC(F)(F)CC(F)(F)C(O)COCCC1CCSCC1.CCC(=O)OC(COCCC1CCSCC1)C(F)(F)F.OC(COCCC1CCSCC1)C(F)(F)CC(F)(F)F. The first-order valence-corrected chi connectivity index (χ1v) is 46.7. The molecule has 702 valence electrons. The molecule has 3 N–H and O–H groups in total. The van der Waals surface area contributed by atoms with E-state index in [1.165, 1.54) is 31.3 Å². The van der Waals surface area contributed by atoms with E-state index in [1.807, 2.05) is 70.6 Å². The number of carbonyl (C=O) groups is 3. The quantitative estimate of drug-likeness (QED) is 0.0225. The molecule has 15 nitrogen and oxygen atoms in total. The number of alkyl halides is 21. The van der Waals surface area contributed by atoms with Crippen LogP contribution in [0.1, 0.15) is 183 Å². The lowest BCUT2D eigenvalue weighted by molar-refractivity contribution is -0.232. The molecule has 42 heteroatoms. The average Bonchev–Trinajstić information content (AvgIpc) is 0.848. The van der Waals surface area contributed by atoms with Crippen molar-refractivity contribution < 1.29 is 165 Å². The molecule has 6 atom stereocenters. The number of esters is 3. The van der Waals surface area contributed by atoms with Crippen LogP contribution in [-0.2, 0) is 57.0 Å². The van der Waals surface area contributed by atoms with Gasteiger partial charge in [-0.2, -0.15) is 110 Å². The lowest BCUT2D eigenvalue weighted by Crippen LogP contribution is -2.44. The highest BCUT2D eigenvalue weighted by molar-refractivity contribution is 8.00. The summed E-state index contributed by atoms with van der Waals surface area (Å²) in [4.78, 5) is 32.5. The second-order valence-corrected chi connectivity index (χ2v) is 37.5. The van der Waals surface area contributed by atoms with Crippen LogP contribution in [0, 0.1) is 35.5 Å². The smallest absolute Gasteiger partial charge is 0.427 e. The number of halogens is 21. The van der Waals surface area contributed by atoms with Gasteiger partial charge in [0.05, 0.1) is 52.5 Å². The standard InChI is InChI=1S/C15H24F4O3S.C13H22F4O2S.C13H21F3O3S.C12H19F5O2S.C12H19F3O3S.C11H20F2O2S/c1-11(20)22-13(15(18,19)10-14(2,16)17)9-21-6-3-12-4-7-23-8-5-12;1-12(14,15)9-13(16,17)11(18)8-19-5-2-10-3-6-20-7-4-10;1-2-12(17)19-11(13(14,15)16)9-18-6-3-10-4-7-20-8-5-10;13-11(14,8-12(15,16)17)10(18)7-19-4-1-9-2-5-20-6-3-9;1-9(16)18-11(12(13,14)15)8-17-5-2-10-3-6-19-7-4-10;1-11(12,13)10(14)8-15-5-2-9-3-6-16-7-4-9/h12-13H,3-10H2,1-2H3;10-11,18H,2-9H2,1H3;10-11H,2-9H2,1H3;9-10,18H,1-8H2;10-11H,2-8H2,1H3;9-10,14H,2-8H2,1H3. The van der Waals surface area contributed by atoms with Gasteiger partial charge in [-0.3, -0.25) is 14.4 Å². The number of hydrogen-bond donors (Lipinski definition) is 3. The Kier molecular flexibility index (Phi) is 58.7. The molecule has 0 spiro atoms. The van der Waals surface area contributed by atoms with Crippen LogP contribution >= 0.6 is 70.6 Å². The van der Waals surface area contributed by atoms with Crippen molar-refractivity contribution in [1.82, 2.24) is 0 Å². The van der Waals surface area contributed by atoms with Crippen LogP contribution < -0.4 is 0 Å². The molecule has 0 aromatic rings. The monoisotopic (exact) mass is 1870 g/mol. The molecule has 0 aliphatic carbocycles. The van der Waals surface area contributed by atoms with Gasteiger partial charge in [0.2, 0.25) is 12.2 Å². The van der Waals surface area contributed by atoms with Gasteiger partial charge in [0.25, 0.3) is 35.5 Å². The van der Waals surface area contributed by atoms with E-state index in [0.717, 1.165) is 168 Å². The molecule has 0 amide bonds. The minimum atomic E-state index is -5.01. The third-order valence-electron chi connectivity index (χ3n) is 19.2. The molecule has 6 aliphatic heterocycles. The van der Waals surface area contributed by atoms with Gasteiger partial charge in [-0.25, -0.2) is 52.7 Å². The summed E-state index contributed by atoms with van der Waals surface area (Å²) in [7, 11) is 0. The first-order chi connectivity index (χ1) is 54.8. The fourth-order valence-electron chi connectivity index (χ4n) is 12.0. The van der Waals surface area contributed by atoms with Crippen molar-refractivity contribution in [3.05, 3.63) is 0 Å². The molecule has 6 saturated heterocycles. The van der Waals surface area contributed by atoms with E-state index in [1.54, 1.807) is 0 Å². The number of aliphatic hydroxyl groups is 3. The van der Waals surface area contributed by atoms with Gasteiger partial charge in [0.1, 0.15) is 24.7 Å². The van der Waals surface area contributed by atoms with E-state index in [9.17, 15) is 112 Å². The maximum Gasteiger partial charge on any atom is 0.427 e. The molecule has 6 unspecified atom stereocenters. The number of rotatable bonds is 43.